The Kier molecular flexibility index (Phi) is 5.12. The number of fused-ring (bicyclic) bond motifs is 1. The van der Waals surface area contributed by atoms with Gasteiger partial charge in [-0.2, -0.15) is 5.26 Å². The maximum absolute atomic E-state index is 12.8. The Morgan fingerprint density at radius 3 is 2.73 bits per heavy atom. The fourth-order valence-electron chi connectivity index (χ4n) is 3.30. The lowest BCUT2D eigenvalue weighted by atomic mass is 10.1. The number of rotatable bonds is 5. The van der Waals surface area contributed by atoms with Gasteiger partial charge in [-0.05, 0) is 44.0 Å². The number of nitriles is 1. The van der Waals surface area contributed by atoms with Gasteiger partial charge in [-0.15, -0.1) is 0 Å². The van der Waals surface area contributed by atoms with Gasteiger partial charge in [0, 0.05) is 35.4 Å². The smallest absolute Gasteiger partial charge is 0.127 e. The van der Waals surface area contributed by atoms with Crippen LogP contribution >= 0.6 is 0 Å². The first-order valence-corrected chi connectivity index (χ1v) is 9.58. The van der Waals surface area contributed by atoms with E-state index < -0.39 is 11.0 Å². The van der Waals surface area contributed by atoms with Crippen molar-refractivity contribution < 1.29 is 4.21 Å². The van der Waals surface area contributed by atoms with Crippen molar-refractivity contribution >= 4 is 27.6 Å². The summed E-state index contributed by atoms with van der Waals surface area (Å²) in [5.41, 5.74) is 10.2. The molecule has 0 spiro atoms. The zero-order valence-corrected chi connectivity index (χ0v) is 15.9. The quantitative estimate of drug-likeness (QED) is 0.679. The molecule has 2 aromatic carbocycles. The first-order chi connectivity index (χ1) is 12.4. The molecule has 6 heteroatoms. The van der Waals surface area contributed by atoms with E-state index in [1.165, 1.54) is 0 Å². The molecule has 26 heavy (non-hydrogen) atoms. The summed E-state index contributed by atoms with van der Waals surface area (Å²) in [5, 5.41) is 10.3. The third-order valence-corrected chi connectivity index (χ3v) is 5.87. The maximum Gasteiger partial charge on any atom is 0.127 e. The van der Waals surface area contributed by atoms with Crippen molar-refractivity contribution in [1.29, 1.82) is 5.26 Å². The number of nitrogens with one attached hydrogen (secondary N) is 1. The SMILES string of the molecule is Cc1cc(C)c(S(=O)NC(C)Cn2cc(C#N)c3ccccc32)c(N)c1. The number of para-hydroxylation sites is 1. The van der Waals surface area contributed by atoms with Gasteiger partial charge in [0.05, 0.1) is 10.5 Å². The van der Waals surface area contributed by atoms with Crippen molar-refractivity contribution in [1.82, 2.24) is 9.29 Å². The lowest BCUT2D eigenvalue weighted by molar-refractivity contribution is 0.560. The van der Waals surface area contributed by atoms with E-state index in [9.17, 15) is 9.47 Å². The molecule has 2 atom stereocenters. The normalized spacial score (nSPS) is 13.5. The molecule has 0 saturated heterocycles. The van der Waals surface area contributed by atoms with Crippen molar-refractivity contribution in [3.05, 3.63) is 59.3 Å². The van der Waals surface area contributed by atoms with Crippen LogP contribution in [0, 0.1) is 25.2 Å². The largest absolute Gasteiger partial charge is 0.398 e. The number of nitrogens with zero attached hydrogens (tertiary/aromatic N) is 2. The molecule has 3 N–H and O–H groups in total. The lowest BCUT2D eigenvalue weighted by Crippen LogP contribution is -2.32. The molecule has 0 aliphatic carbocycles. The molecule has 134 valence electrons. The predicted molar refractivity (Wildman–Crippen MR) is 106 cm³/mol. The van der Waals surface area contributed by atoms with Crippen LogP contribution in [0.3, 0.4) is 0 Å². The second-order valence-electron chi connectivity index (χ2n) is 6.61. The Morgan fingerprint density at radius 2 is 2.04 bits per heavy atom. The van der Waals surface area contributed by atoms with Gasteiger partial charge in [0.25, 0.3) is 0 Å². The summed E-state index contributed by atoms with van der Waals surface area (Å²) in [6.45, 7) is 6.45. The molecule has 1 aromatic heterocycles. The van der Waals surface area contributed by atoms with Gasteiger partial charge in [0.2, 0.25) is 0 Å². The first kappa shape index (κ1) is 18.2. The van der Waals surface area contributed by atoms with Crippen molar-refractivity contribution in [2.24, 2.45) is 0 Å². The van der Waals surface area contributed by atoms with Crippen LogP contribution in [-0.2, 0) is 17.5 Å². The average molecular weight is 366 g/mol. The minimum atomic E-state index is -1.40. The summed E-state index contributed by atoms with van der Waals surface area (Å²) >= 11 is 0. The van der Waals surface area contributed by atoms with Gasteiger partial charge in [-0.3, -0.25) is 0 Å². The summed E-state index contributed by atoms with van der Waals surface area (Å²) in [7, 11) is -1.40. The van der Waals surface area contributed by atoms with Crippen LogP contribution in [0.1, 0.15) is 23.6 Å². The number of aromatic nitrogens is 1. The highest BCUT2D eigenvalue weighted by Crippen LogP contribution is 2.23. The van der Waals surface area contributed by atoms with Crippen LogP contribution < -0.4 is 10.5 Å². The van der Waals surface area contributed by atoms with Crippen molar-refractivity contribution in [2.75, 3.05) is 5.73 Å². The summed E-state index contributed by atoms with van der Waals surface area (Å²) < 4.78 is 17.9. The zero-order valence-electron chi connectivity index (χ0n) is 15.1. The molecular weight excluding hydrogens is 344 g/mol. The van der Waals surface area contributed by atoms with Crippen LogP contribution in [-0.4, -0.2) is 14.8 Å². The Morgan fingerprint density at radius 1 is 1.31 bits per heavy atom. The molecule has 0 amide bonds. The van der Waals surface area contributed by atoms with Gasteiger partial charge in [0.1, 0.15) is 17.1 Å². The van der Waals surface area contributed by atoms with Crippen LogP contribution in [0.4, 0.5) is 5.69 Å². The summed E-state index contributed by atoms with van der Waals surface area (Å²) in [6.07, 6.45) is 1.84. The molecule has 0 saturated carbocycles. The molecule has 3 aromatic rings. The lowest BCUT2D eigenvalue weighted by Gasteiger charge is -2.17. The number of aryl methyl sites for hydroxylation is 2. The Labute approximate surface area is 156 Å². The van der Waals surface area contributed by atoms with Crippen molar-refractivity contribution in [3.8, 4) is 6.07 Å². The van der Waals surface area contributed by atoms with E-state index in [1.54, 1.807) is 0 Å². The molecule has 0 fully saturated rings. The highest BCUT2D eigenvalue weighted by molar-refractivity contribution is 7.83. The van der Waals surface area contributed by atoms with Gasteiger partial charge >= 0.3 is 0 Å². The number of hydrogen-bond acceptors (Lipinski definition) is 3. The molecule has 0 aliphatic rings. The van der Waals surface area contributed by atoms with Crippen LogP contribution in [0.5, 0.6) is 0 Å². The van der Waals surface area contributed by atoms with Crippen molar-refractivity contribution in [2.45, 2.75) is 38.3 Å². The van der Waals surface area contributed by atoms with Gasteiger partial charge in [0.15, 0.2) is 0 Å². The fourth-order valence-corrected chi connectivity index (χ4v) is 4.48. The van der Waals surface area contributed by atoms with Crippen LogP contribution in [0.2, 0.25) is 0 Å². The Bertz CT molecular complexity index is 1010. The van der Waals surface area contributed by atoms with E-state index >= 15 is 0 Å². The van der Waals surface area contributed by atoms with Crippen LogP contribution in [0.25, 0.3) is 10.9 Å². The molecule has 3 rings (SSSR count). The molecule has 0 radical (unpaired) electrons. The molecule has 5 nitrogen and oxygen atoms in total. The molecule has 2 unspecified atom stereocenters. The van der Waals surface area contributed by atoms with Gasteiger partial charge in [-0.25, -0.2) is 8.93 Å². The predicted octanol–water partition coefficient (Wildman–Crippen LogP) is 3.41. The Balaban J connectivity index is 1.81. The van der Waals surface area contributed by atoms with Gasteiger partial charge < -0.3 is 10.3 Å². The minimum Gasteiger partial charge on any atom is -0.398 e. The minimum absolute atomic E-state index is 0.0710. The summed E-state index contributed by atoms with van der Waals surface area (Å²) in [4.78, 5) is 0.637. The Hall–Kier alpha value is -2.62. The highest BCUT2D eigenvalue weighted by atomic mass is 32.2. The molecular formula is C20H22N4OS. The van der Waals surface area contributed by atoms with E-state index in [1.807, 2.05) is 67.9 Å². The average Bonchev–Trinajstić information content (AvgIpc) is 2.91. The van der Waals surface area contributed by atoms with E-state index in [2.05, 4.69) is 10.8 Å². The highest BCUT2D eigenvalue weighted by Gasteiger charge is 2.16. The zero-order chi connectivity index (χ0) is 18.8. The molecule has 0 aliphatic heterocycles. The second kappa shape index (κ2) is 7.32. The number of benzene rings is 2. The van der Waals surface area contributed by atoms with E-state index in [4.69, 9.17) is 5.73 Å². The van der Waals surface area contributed by atoms with E-state index in [0.717, 1.165) is 22.0 Å². The number of hydrogen-bond donors (Lipinski definition) is 2. The number of nitrogen functional groups attached to an aromatic ring is 1. The topological polar surface area (TPSA) is 83.8 Å². The monoisotopic (exact) mass is 366 g/mol. The number of nitrogens with two attached hydrogens (primary N) is 1. The maximum atomic E-state index is 12.8. The summed E-state index contributed by atoms with van der Waals surface area (Å²) in [6, 6.07) is 13.8. The first-order valence-electron chi connectivity index (χ1n) is 8.43. The number of anilines is 1. The second-order valence-corrected chi connectivity index (χ2v) is 7.79. The van der Waals surface area contributed by atoms with Gasteiger partial charge in [-0.1, -0.05) is 24.3 Å². The van der Waals surface area contributed by atoms with Crippen LogP contribution in [0.15, 0.2) is 47.5 Å². The third-order valence-electron chi connectivity index (χ3n) is 4.32. The third kappa shape index (κ3) is 3.50. The fraction of sp³-hybridized carbons (Fsp3) is 0.250. The van der Waals surface area contributed by atoms with E-state index in [-0.39, 0.29) is 6.04 Å². The standard InChI is InChI=1S/C20H22N4OS/c1-13-8-14(2)20(18(22)9-13)26(25)23-15(3)11-24-12-16(10-21)17-6-4-5-7-19(17)24/h4-9,12,15,23H,11,22H2,1-3H3. The summed E-state index contributed by atoms with van der Waals surface area (Å²) in [5.74, 6) is 0. The molecule has 1 heterocycles. The van der Waals surface area contributed by atoms with E-state index in [0.29, 0.717) is 22.7 Å². The molecule has 0 bridgehead atoms. The van der Waals surface area contributed by atoms with Crippen molar-refractivity contribution in [3.63, 3.8) is 0 Å².